The standard InChI is InChI=1S/C30H43O2P.C13H12N.CH4O3S.Pd/c1-22(2)31-27-19-13-20-28(32-23(3)4)30(27)26-18-11-12-21-29(26)33(24-14-7-5-8-15-24)25-16-9-6-10-17-25;1-14-13-10-6-5-9-12(13)11-7-3-2-4-8-11;1-5(2,3)4;/h11-13,18-25H,5-10,14-17H2,1-4H3;2-7,9-10,14H,1H3;1H3,(H,2,3,4);/p-1. The first-order valence-corrected chi connectivity index (χ1v) is 22.2. The Hall–Kier alpha value is -2.72. The molecule has 0 bridgehead atoms. The van der Waals surface area contributed by atoms with Gasteiger partial charge in [-0.05, 0) is 105 Å². The summed E-state index contributed by atoms with van der Waals surface area (Å²) < 4.78 is 40.0. The molecule has 9 heteroatoms. The molecule has 0 amide bonds. The van der Waals surface area contributed by atoms with Crippen LogP contribution >= 0.6 is 7.92 Å². The van der Waals surface area contributed by atoms with Gasteiger partial charge in [-0.3, -0.25) is 0 Å². The molecule has 2 saturated carbocycles. The fourth-order valence-corrected chi connectivity index (χ4v) is 11.2. The molecule has 0 aliphatic heterocycles. The first-order chi connectivity index (χ1) is 25.0. The molecule has 6 nitrogen and oxygen atoms in total. The second-order valence-corrected chi connectivity index (χ2v) is 18.4. The van der Waals surface area contributed by atoms with Crippen molar-refractivity contribution < 1.29 is 42.9 Å². The number of anilines is 1. The summed E-state index contributed by atoms with van der Waals surface area (Å²) in [6, 6.07) is 35.1. The summed E-state index contributed by atoms with van der Waals surface area (Å²) >= 11 is 0. The van der Waals surface area contributed by atoms with Crippen molar-refractivity contribution in [1.82, 2.24) is 0 Å². The van der Waals surface area contributed by atoms with Crippen molar-refractivity contribution in [1.29, 1.82) is 0 Å². The second-order valence-electron chi connectivity index (χ2n) is 14.2. The van der Waals surface area contributed by atoms with Crippen molar-refractivity contribution in [3.63, 3.8) is 0 Å². The maximum atomic E-state index is 9.08. The van der Waals surface area contributed by atoms with Gasteiger partial charge in [-0.25, -0.2) is 8.42 Å². The third-order valence-corrected chi connectivity index (χ3v) is 12.8. The van der Waals surface area contributed by atoms with Gasteiger partial charge in [0.1, 0.15) is 11.5 Å². The van der Waals surface area contributed by atoms with E-state index >= 15 is 0 Å². The number of hydrogen-bond donors (Lipinski definition) is 1. The molecule has 0 aromatic heterocycles. The number of para-hydroxylation sites is 1. The largest absolute Gasteiger partial charge is 0.748 e. The molecule has 0 heterocycles. The van der Waals surface area contributed by atoms with Crippen molar-refractivity contribution in [2.24, 2.45) is 0 Å². The van der Waals surface area contributed by atoms with Crippen LogP contribution in [0.15, 0.2) is 91.0 Å². The molecule has 1 N–H and O–H groups in total. The van der Waals surface area contributed by atoms with Crippen LogP contribution in [0.5, 0.6) is 11.5 Å². The summed E-state index contributed by atoms with van der Waals surface area (Å²) in [5.74, 6) is 1.91. The number of hydrogen-bond acceptors (Lipinski definition) is 6. The van der Waals surface area contributed by atoms with Crippen molar-refractivity contribution >= 4 is 29.0 Å². The second kappa shape index (κ2) is 22.6. The van der Waals surface area contributed by atoms with E-state index in [2.05, 4.69) is 99.7 Å². The van der Waals surface area contributed by atoms with Gasteiger partial charge in [-0.2, -0.15) is 0 Å². The molecule has 291 valence electrons. The third-order valence-electron chi connectivity index (χ3n) is 9.30. The first-order valence-electron chi connectivity index (χ1n) is 18.9. The molecule has 53 heavy (non-hydrogen) atoms. The van der Waals surface area contributed by atoms with Crippen LogP contribution < -0.4 is 20.1 Å². The summed E-state index contributed by atoms with van der Waals surface area (Å²) in [4.78, 5) is 0. The molecule has 6 rings (SSSR count). The van der Waals surface area contributed by atoms with Crippen molar-refractivity contribution in [3.8, 4) is 33.8 Å². The molecule has 2 aliphatic rings. The average Bonchev–Trinajstić information content (AvgIpc) is 3.13. The van der Waals surface area contributed by atoms with Crippen LogP contribution in [0.3, 0.4) is 0 Å². The van der Waals surface area contributed by atoms with Crippen LogP contribution in [0.25, 0.3) is 22.3 Å². The van der Waals surface area contributed by atoms with Gasteiger partial charge in [0.05, 0.1) is 27.9 Å². The van der Waals surface area contributed by atoms with Gasteiger partial charge in [-0.15, -0.1) is 0 Å². The molecule has 2 aliphatic carbocycles. The number of nitrogens with one attached hydrogen (secondary N) is 1. The number of ether oxygens (including phenoxy) is 2. The molecule has 4 aromatic rings. The van der Waals surface area contributed by atoms with Crippen molar-refractivity contribution in [3.05, 3.63) is 97.1 Å². The maximum absolute atomic E-state index is 9.08. The van der Waals surface area contributed by atoms with Gasteiger partial charge in [0.25, 0.3) is 0 Å². The Morgan fingerprint density at radius 2 is 1.17 bits per heavy atom. The summed E-state index contributed by atoms with van der Waals surface area (Å²) in [5.41, 5.74) is 7.69. The van der Waals surface area contributed by atoms with Crippen LogP contribution in [0.2, 0.25) is 0 Å². The normalized spacial score (nSPS) is 15.1. The Balaban J connectivity index is 0.000000312. The van der Waals surface area contributed by atoms with E-state index in [1.54, 1.807) is 5.30 Å². The minimum absolute atomic E-state index is 0. The number of rotatable bonds is 10. The van der Waals surface area contributed by atoms with E-state index in [1.807, 2.05) is 37.4 Å². The Bertz CT molecular complexity index is 1700. The third kappa shape index (κ3) is 14.5. The van der Waals surface area contributed by atoms with Crippen LogP contribution in [-0.4, -0.2) is 49.8 Å². The van der Waals surface area contributed by atoms with E-state index in [0.717, 1.165) is 39.6 Å². The molecule has 2 fully saturated rings. The smallest absolute Gasteiger partial charge is 0.131 e. The molecule has 0 saturated heterocycles. The monoisotopic (exact) mass is 849 g/mol. The van der Waals surface area contributed by atoms with Gasteiger partial charge >= 0.3 is 0 Å². The zero-order chi connectivity index (χ0) is 37.5. The molecule has 0 spiro atoms. The SMILES string of the molecule is CC(C)Oc1cccc(OC(C)C)c1-c1ccccc1P(C1CCCCC1)C1CCCCC1.CNc1ccccc1-c1[c]cccc1.CS(=O)(=O)[O-].[Pd]. The van der Waals surface area contributed by atoms with E-state index in [-0.39, 0.29) is 40.6 Å². The fourth-order valence-electron chi connectivity index (χ4n) is 7.30. The summed E-state index contributed by atoms with van der Waals surface area (Å²) in [6.07, 6.45) is 15.0. The van der Waals surface area contributed by atoms with E-state index in [4.69, 9.17) is 22.4 Å². The van der Waals surface area contributed by atoms with Crippen LogP contribution in [0, 0.1) is 6.07 Å². The Kier molecular flexibility index (Phi) is 19.1. The van der Waals surface area contributed by atoms with Crippen molar-refractivity contribution in [2.45, 2.75) is 115 Å². The predicted molar refractivity (Wildman–Crippen MR) is 220 cm³/mol. The van der Waals surface area contributed by atoms with E-state index in [9.17, 15) is 0 Å². The van der Waals surface area contributed by atoms with E-state index < -0.39 is 10.1 Å². The summed E-state index contributed by atoms with van der Waals surface area (Å²) in [6.45, 7) is 8.45. The molecule has 0 atom stereocenters. The maximum Gasteiger partial charge on any atom is 0.131 e. The quantitative estimate of drug-likeness (QED) is 0.0971. The zero-order valence-corrected chi connectivity index (χ0v) is 35.5. The minimum Gasteiger partial charge on any atom is -0.748 e. The first kappa shape index (κ1) is 44.7. The average molecular weight is 850 g/mol. The molecule has 4 aromatic carbocycles. The summed E-state index contributed by atoms with van der Waals surface area (Å²) in [7, 11) is -2.20. The fraction of sp³-hybridized carbons (Fsp3) is 0.455. The van der Waals surface area contributed by atoms with Gasteiger partial charge in [0.15, 0.2) is 0 Å². The minimum atomic E-state index is -3.92. The molecule has 0 unspecified atom stereocenters. The zero-order valence-electron chi connectivity index (χ0n) is 32.3. The molecule has 1 radical (unpaired) electrons. The molecular weight excluding hydrogens is 792 g/mol. The van der Waals surface area contributed by atoms with Gasteiger partial charge in [0, 0.05) is 45.0 Å². The predicted octanol–water partition coefficient (Wildman–Crippen LogP) is 11.1. The van der Waals surface area contributed by atoms with Crippen LogP contribution in [0.4, 0.5) is 5.69 Å². The topological polar surface area (TPSA) is 87.7 Å². The van der Waals surface area contributed by atoms with Crippen molar-refractivity contribution in [2.75, 3.05) is 18.6 Å². The summed E-state index contributed by atoms with van der Waals surface area (Å²) in [5, 5.41) is 4.77. The molecular formula is C44H58NO5PPdS-. The van der Waals surface area contributed by atoms with Gasteiger partial charge in [-0.1, -0.05) is 119 Å². The number of benzene rings is 4. The Morgan fingerprint density at radius 3 is 1.64 bits per heavy atom. The van der Waals surface area contributed by atoms with E-state index in [0.29, 0.717) is 6.26 Å². The van der Waals surface area contributed by atoms with E-state index in [1.165, 1.54) is 75.3 Å². The Morgan fingerprint density at radius 1 is 0.698 bits per heavy atom. The van der Waals surface area contributed by atoms with Crippen LogP contribution in [0.1, 0.15) is 91.9 Å². The van der Waals surface area contributed by atoms with Gasteiger partial charge in [0.2, 0.25) is 0 Å². The van der Waals surface area contributed by atoms with Gasteiger partial charge < -0.3 is 19.3 Å². The van der Waals surface area contributed by atoms with Crippen LogP contribution in [-0.2, 0) is 30.5 Å². The Labute approximate surface area is 335 Å².